The van der Waals surface area contributed by atoms with E-state index in [-0.39, 0.29) is 18.4 Å². The number of benzene rings is 1. The van der Waals surface area contributed by atoms with Crippen LogP contribution in [-0.2, 0) is 6.42 Å². The Morgan fingerprint density at radius 2 is 2.23 bits per heavy atom. The van der Waals surface area contributed by atoms with E-state index in [4.69, 9.17) is 10.5 Å². The summed E-state index contributed by atoms with van der Waals surface area (Å²) in [7, 11) is 0. The minimum atomic E-state index is 0. The Hall–Kier alpha value is -0.730. The summed E-state index contributed by atoms with van der Waals surface area (Å²) in [6.07, 6.45) is 0.941. The highest BCUT2D eigenvalue weighted by molar-refractivity contribution is 5.85. The van der Waals surface area contributed by atoms with Crippen LogP contribution in [0, 0.1) is 6.92 Å². The van der Waals surface area contributed by atoms with Gasteiger partial charge in [-0.05, 0) is 24.5 Å². The number of fused-ring (bicyclic) bond motifs is 1. The Bertz CT molecular complexity index is 301. The second kappa shape index (κ2) is 3.99. The maximum Gasteiger partial charge on any atom is 0.125 e. The van der Waals surface area contributed by atoms with E-state index < -0.39 is 0 Å². The lowest BCUT2D eigenvalue weighted by atomic mass is 10.0. The van der Waals surface area contributed by atoms with Crippen LogP contribution in [-0.4, -0.2) is 12.6 Å². The number of nitrogens with two attached hydrogens (primary N) is 1. The van der Waals surface area contributed by atoms with Crippen LogP contribution in [0.4, 0.5) is 0 Å². The second-order valence-electron chi connectivity index (χ2n) is 3.34. The molecule has 0 bridgehead atoms. The molecule has 1 aliphatic rings. The highest BCUT2D eigenvalue weighted by atomic mass is 35.5. The van der Waals surface area contributed by atoms with E-state index in [0.29, 0.717) is 6.61 Å². The highest BCUT2D eigenvalue weighted by Crippen LogP contribution is 2.27. The number of aryl methyl sites for hydroxylation is 1. The molecule has 2 nitrogen and oxygen atoms in total. The maximum absolute atomic E-state index is 5.77. The quantitative estimate of drug-likeness (QED) is 0.690. The molecule has 13 heavy (non-hydrogen) atoms. The molecule has 1 atom stereocenters. The minimum Gasteiger partial charge on any atom is -0.491 e. The van der Waals surface area contributed by atoms with Crippen molar-refractivity contribution in [2.75, 3.05) is 6.61 Å². The lowest BCUT2D eigenvalue weighted by Crippen LogP contribution is -2.34. The van der Waals surface area contributed by atoms with Gasteiger partial charge < -0.3 is 10.5 Å². The van der Waals surface area contributed by atoms with Crippen molar-refractivity contribution < 1.29 is 4.74 Å². The summed E-state index contributed by atoms with van der Waals surface area (Å²) >= 11 is 0. The van der Waals surface area contributed by atoms with Gasteiger partial charge in [-0.2, -0.15) is 0 Å². The van der Waals surface area contributed by atoms with Gasteiger partial charge in [0, 0.05) is 6.04 Å². The summed E-state index contributed by atoms with van der Waals surface area (Å²) < 4.78 is 5.54. The monoisotopic (exact) mass is 199 g/mol. The van der Waals surface area contributed by atoms with Crippen LogP contribution in [0.15, 0.2) is 18.2 Å². The third kappa shape index (κ3) is 1.95. The van der Waals surface area contributed by atoms with E-state index in [9.17, 15) is 0 Å². The second-order valence-corrected chi connectivity index (χ2v) is 3.34. The van der Waals surface area contributed by atoms with Gasteiger partial charge in [0.1, 0.15) is 12.4 Å². The lowest BCUT2D eigenvalue weighted by molar-refractivity contribution is 0.262. The van der Waals surface area contributed by atoms with Crippen LogP contribution in [0.2, 0.25) is 0 Å². The van der Waals surface area contributed by atoms with Crippen molar-refractivity contribution in [1.82, 2.24) is 0 Å². The SMILES string of the molecule is Cc1cccc2c1OCC(N)C2.Cl. The Balaban J connectivity index is 0.000000845. The average Bonchev–Trinajstić information content (AvgIpc) is 2.04. The largest absolute Gasteiger partial charge is 0.491 e. The van der Waals surface area contributed by atoms with Crippen LogP contribution in [0.1, 0.15) is 11.1 Å². The number of halogens is 1. The van der Waals surface area contributed by atoms with E-state index in [0.717, 1.165) is 12.2 Å². The molecule has 72 valence electrons. The van der Waals surface area contributed by atoms with E-state index in [1.54, 1.807) is 0 Å². The molecule has 0 saturated heterocycles. The normalized spacial score (nSPS) is 19.7. The molecule has 1 heterocycles. The van der Waals surface area contributed by atoms with Gasteiger partial charge in [0.05, 0.1) is 0 Å². The Labute approximate surface area is 84.5 Å². The molecule has 2 rings (SSSR count). The third-order valence-electron chi connectivity index (χ3n) is 2.22. The molecule has 0 radical (unpaired) electrons. The molecular formula is C10H14ClNO. The van der Waals surface area contributed by atoms with Gasteiger partial charge in [-0.1, -0.05) is 18.2 Å². The fourth-order valence-corrected chi connectivity index (χ4v) is 1.61. The predicted molar refractivity (Wildman–Crippen MR) is 55.6 cm³/mol. The standard InChI is InChI=1S/C10H13NO.ClH/c1-7-3-2-4-8-5-9(11)6-12-10(7)8;/h2-4,9H,5-6,11H2,1H3;1H. The van der Waals surface area contributed by atoms with Crippen molar-refractivity contribution in [3.8, 4) is 5.75 Å². The zero-order valence-corrected chi connectivity index (χ0v) is 8.43. The number of hydrogen-bond donors (Lipinski definition) is 1. The molecule has 1 unspecified atom stereocenters. The molecular weight excluding hydrogens is 186 g/mol. The number of para-hydroxylation sites is 1. The van der Waals surface area contributed by atoms with E-state index in [1.807, 2.05) is 0 Å². The lowest BCUT2D eigenvalue weighted by Gasteiger charge is -2.23. The average molecular weight is 200 g/mol. The molecule has 0 aromatic heterocycles. The van der Waals surface area contributed by atoms with Crippen LogP contribution in [0.25, 0.3) is 0 Å². The zero-order chi connectivity index (χ0) is 8.55. The molecule has 1 aliphatic heterocycles. The van der Waals surface area contributed by atoms with Crippen molar-refractivity contribution in [3.05, 3.63) is 29.3 Å². The van der Waals surface area contributed by atoms with Crippen LogP contribution in [0.3, 0.4) is 0 Å². The first-order chi connectivity index (χ1) is 5.77. The summed E-state index contributed by atoms with van der Waals surface area (Å²) in [5.74, 6) is 1.04. The highest BCUT2D eigenvalue weighted by Gasteiger charge is 2.17. The maximum atomic E-state index is 5.77. The van der Waals surface area contributed by atoms with Crippen LogP contribution in [0.5, 0.6) is 5.75 Å². The molecule has 0 saturated carbocycles. The molecule has 2 N–H and O–H groups in total. The smallest absolute Gasteiger partial charge is 0.125 e. The van der Waals surface area contributed by atoms with Crippen molar-refractivity contribution in [1.29, 1.82) is 0 Å². The first kappa shape index (κ1) is 10.4. The number of rotatable bonds is 0. The van der Waals surface area contributed by atoms with Gasteiger partial charge in [0.25, 0.3) is 0 Å². The molecule has 0 amide bonds. The van der Waals surface area contributed by atoms with E-state index in [2.05, 4.69) is 25.1 Å². The van der Waals surface area contributed by atoms with Crippen LogP contribution >= 0.6 is 12.4 Å². The first-order valence-corrected chi connectivity index (χ1v) is 4.24. The first-order valence-electron chi connectivity index (χ1n) is 4.24. The molecule has 1 aromatic rings. The molecule has 0 fully saturated rings. The number of hydrogen-bond acceptors (Lipinski definition) is 2. The summed E-state index contributed by atoms with van der Waals surface area (Å²) in [6.45, 7) is 2.72. The summed E-state index contributed by atoms with van der Waals surface area (Å²) in [6, 6.07) is 6.37. The Morgan fingerprint density at radius 1 is 1.46 bits per heavy atom. The zero-order valence-electron chi connectivity index (χ0n) is 7.62. The molecule has 1 aromatic carbocycles. The van der Waals surface area contributed by atoms with Gasteiger partial charge in [-0.25, -0.2) is 0 Å². The van der Waals surface area contributed by atoms with E-state index >= 15 is 0 Å². The van der Waals surface area contributed by atoms with Gasteiger partial charge in [0.15, 0.2) is 0 Å². The minimum absolute atomic E-state index is 0. The summed E-state index contributed by atoms with van der Waals surface area (Å²) in [5.41, 5.74) is 8.23. The van der Waals surface area contributed by atoms with Crippen molar-refractivity contribution in [2.24, 2.45) is 5.73 Å². The van der Waals surface area contributed by atoms with Gasteiger partial charge >= 0.3 is 0 Å². The van der Waals surface area contributed by atoms with Crippen molar-refractivity contribution in [3.63, 3.8) is 0 Å². The molecule has 0 aliphatic carbocycles. The third-order valence-corrected chi connectivity index (χ3v) is 2.22. The van der Waals surface area contributed by atoms with Gasteiger partial charge in [-0.15, -0.1) is 12.4 Å². The Kier molecular flexibility index (Phi) is 3.17. The molecule has 3 heteroatoms. The summed E-state index contributed by atoms with van der Waals surface area (Å²) in [5, 5.41) is 0. The predicted octanol–water partition coefficient (Wildman–Crippen LogP) is 1.68. The fraction of sp³-hybridized carbons (Fsp3) is 0.400. The van der Waals surface area contributed by atoms with Crippen LogP contribution < -0.4 is 10.5 Å². The van der Waals surface area contributed by atoms with Crippen molar-refractivity contribution in [2.45, 2.75) is 19.4 Å². The summed E-state index contributed by atoms with van der Waals surface area (Å²) in [4.78, 5) is 0. The van der Waals surface area contributed by atoms with Gasteiger partial charge in [0.2, 0.25) is 0 Å². The fourth-order valence-electron chi connectivity index (χ4n) is 1.61. The van der Waals surface area contributed by atoms with Gasteiger partial charge in [-0.3, -0.25) is 0 Å². The molecule has 0 spiro atoms. The van der Waals surface area contributed by atoms with E-state index in [1.165, 1.54) is 11.1 Å². The Morgan fingerprint density at radius 3 is 3.00 bits per heavy atom. The number of ether oxygens (including phenoxy) is 1. The topological polar surface area (TPSA) is 35.2 Å². The van der Waals surface area contributed by atoms with Crippen molar-refractivity contribution >= 4 is 12.4 Å².